The molecule has 3 heteroatoms. The Balaban J connectivity index is 2.23. The average Bonchev–Trinajstić information content (AvgIpc) is 2.03. The quantitative estimate of drug-likeness (QED) is 0.601. The fourth-order valence-electron chi connectivity index (χ4n) is 0.973. The molecule has 0 aliphatic carbocycles. The van der Waals surface area contributed by atoms with Crippen LogP contribution in [0.15, 0.2) is 4.99 Å². The lowest BCUT2D eigenvalue weighted by molar-refractivity contribution is 0.134. The van der Waals surface area contributed by atoms with Gasteiger partial charge in [-0.25, -0.2) is 0 Å². The average molecular weight is 143 g/mol. The van der Waals surface area contributed by atoms with Crippen LogP contribution in [-0.2, 0) is 4.74 Å². The van der Waals surface area contributed by atoms with Gasteiger partial charge in [0.1, 0.15) is 0 Å². The molecule has 0 atom stereocenters. The van der Waals surface area contributed by atoms with Gasteiger partial charge in [0.05, 0.1) is 26.4 Å². The first-order valence-corrected chi connectivity index (χ1v) is 3.64. The van der Waals surface area contributed by atoms with Crippen LogP contribution in [0.2, 0.25) is 0 Å². The minimum Gasteiger partial charge on any atom is -0.394 e. The number of aliphatic hydroxyl groups excluding tert-OH is 1. The largest absolute Gasteiger partial charge is 0.394 e. The topological polar surface area (TPSA) is 41.8 Å². The van der Waals surface area contributed by atoms with E-state index in [1.807, 2.05) is 0 Å². The molecule has 58 valence electrons. The maximum atomic E-state index is 8.46. The first-order valence-electron chi connectivity index (χ1n) is 3.64. The van der Waals surface area contributed by atoms with E-state index in [4.69, 9.17) is 9.84 Å². The van der Waals surface area contributed by atoms with E-state index in [1.165, 1.54) is 5.71 Å². The van der Waals surface area contributed by atoms with Gasteiger partial charge in [-0.2, -0.15) is 0 Å². The number of rotatable bonds is 2. The lowest BCUT2D eigenvalue weighted by Crippen LogP contribution is -2.15. The molecule has 0 saturated carbocycles. The molecule has 1 heterocycles. The Kier molecular flexibility index (Phi) is 3.40. The second-order valence-electron chi connectivity index (χ2n) is 2.28. The predicted octanol–water partition coefficient (Wildman–Crippen LogP) is 0.230. The summed E-state index contributed by atoms with van der Waals surface area (Å²) in [5.74, 6) is 0. The molecule has 0 unspecified atom stereocenters. The van der Waals surface area contributed by atoms with Crippen molar-refractivity contribution in [3.05, 3.63) is 0 Å². The van der Waals surface area contributed by atoms with E-state index < -0.39 is 0 Å². The Hall–Kier alpha value is -0.410. The van der Waals surface area contributed by atoms with Crippen molar-refractivity contribution in [1.29, 1.82) is 0 Å². The van der Waals surface area contributed by atoms with Crippen LogP contribution in [0, 0.1) is 0 Å². The summed E-state index contributed by atoms with van der Waals surface area (Å²) in [5.41, 5.74) is 1.19. The van der Waals surface area contributed by atoms with Gasteiger partial charge in [0.25, 0.3) is 0 Å². The van der Waals surface area contributed by atoms with Crippen LogP contribution >= 0.6 is 0 Å². The zero-order valence-corrected chi connectivity index (χ0v) is 6.05. The first-order chi connectivity index (χ1) is 4.93. The molecule has 1 aliphatic heterocycles. The normalized spacial score (nSPS) is 19.1. The van der Waals surface area contributed by atoms with E-state index in [0.717, 1.165) is 26.1 Å². The molecule has 1 rings (SSSR count). The zero-order valence-electron chi connectivity index (χ0n) is 6.05. The van der Waals surface area contributed by atoms with Crippen molar-refractivity contribution >= 4 is 5.71 Å². The second-order valence-corrected chi connectivity index (χ2v) is 2.28. The third-order valence-electron chi connectivity index (χ3n) is 1.51. The van der Waals surface area contributed by atoms with E-state index in [0.29, 0.717) is 6.54 Å². The van der Waals surface area contributed by atoms with Gasteiger partial charge in [-0.1, -0.05) is 0 Å². The number of hydrogen-bond acceptors (Lipinski definition) is 3. The number of aliphatic hydroxyl groups is 1. The Morgan fingerprint density at radius 1 is 1.40 bits per heavy atom. The van der Waals surface area contributed by atoms with Gasteiger partial charge in [-0.3, -0.25) is 4.99 Å². The van der Waals surface area contributed by atoms with E-state index >= 15 is 0 Å². The van der Waals surface area contributed by atoms with Gasteiger partial charge < -0.3 is 9.84 Å². The van der Waals surface area contributed by atoms with Crippen molar-refractivity contribution in [1.82, 2.24) is 0 Å². The van der Waals surface area contributed by atoms with Crippen molar-refractivity contribution < 1.29 is 9.84 Å². The van der Waals surface area contributed by atoms with Crippen molar-refractivity contribution in [3.63, 3.8) is 0 Å². The smallest absolute Gasteiger partial charge is 0.0626 e. The van der Waals surface area contributed by atoms with Crippen molar-refractivity contribution in [2.24, 2.45) is 4.99 Å². The maximum absolute atomic E-state index is 8.46. The lowest BCUT2D eigenvalue weighted by Gasteiger charge is -2.12. The summed E-state index contributed by atoms with van der Waals surface area (Å²) in [6, 6.07) is 0. The maximum Gasteiger partial charge on any atom is 0.0626 e. The summed E-state index contributed by atoms with van der Waals surface area (Å²) in [6.45, 7) is 2.30. The minimum atomic E-state index is 0.157. The molecule has 1 saturated heterocycles. The van der Waals surface area contributed by atoms with Gasteiger partial charge in [-0.05, 0) is 0 Å². The van der Waals surface area contributed by atoms with E-state index in [2.05, 4.69) is 4.99 Å². The van der Waals surface area contributed by atoms with Crippen LogP contribution in [0.5, 0.6) is 0 Å². The summed E-state index contributed by atoms with van der Waals surface area (Å²) in [5, 5.41) is 8.46. The molecule has 1 N–H and O–H groups in total. The molecule has 0 aromatic heterocycles. The molecular weight excluding hydrogens is 130 g/mol. The van der Waals surface area contributed by atoms with Gasteiger partial charge in [0, 0.05) is 18.6 Å². The predicted molar refractivity (Wildman–Crippen MR) is 39.4 cm³/mol. The van der Waals surface area contributed by atoms with E-state index in [9.17, 15) is 0 Å². The summed E-state index contributed by atoms with van der Waals surface area (Å²) < 4.78 is 5.14. The molecule has 0 aromatic carbocycles. The highest BCUT2D eigenvalue weighted by Gasteiger charge is 2.05. The summed E-state index contributed by atoms with van der Waals surface area (Å²) in [7, 11) is 0. The van der Waals surface area contributed by atoms with Gasteiger partial charge in [-0.15, -0.1) is 0 Å². The van der Waals surface area contributed by atoms with Crippen LogP contribution in [0.3, 0.4) is 0 Å². The van der Waals surface area contributed by atoms with Gasteiger partial charge in [0.2, 0.25) is 0 Å². The Labute approximate surface area is 60.7 Å². The number of hydrogen-bond donors (Lipinski definition) is 1. The molecule has 0 bridgehead atoms. The van der Waals surface area contributed by atoms with Crippen molar-refractivity contribution in [3.8, 4) is 0 Å². The SMILES string of the molecule is OCCN=C1CCOCC1. The zero-order chi connectivity index (χ0) is 7.23. The molecule has 0 aromatic rings. The molecule has 1 fully saturated rings. The van der Waals surface area contributed by atoms with E-state index in [-0.39, 0.29) is 6.61 Å². The minimum absolute atomic E-state index is 0.157. The molecular formula is C7H13NO2. The van der Waals surface area contributed by atoms with Gasteiger partial charge >= 0.3 is 0 Å². The van der Waals surface area contributed by atoms with Gasteiger partial charge in [0.15, 0.2) is 0 Å². The molecule has 3 nitrogen and oxygen atoms in total. The summed E-state index contributed by atoms with van der Waals surface area (Å²) in [4.78, 5) is 4.19. The van der Waals surface area contributed by atoms with Crippen LogP contribution in [-0.4, -0.2) is 37.2 Å². The number of nitrogens with zero attached hydrogens (tertiary/aromatic N) is 1. The van der Waals surface area contributed by atoms with Crippen LogP contribution in [0.1, 0.15) is 12.8 Å². The fourth-order valence-corrected chi connectivity index (χ4v) is 0.973. The third-order valence-corrected chi connectivity index (χ3v) is 1.51. The standard InChI is InChI=1S/C7H13NO2/c9-4-3-8-7-1-5-10-6-2-7/h9H,1-6H2. The number of ether oxygens (including phenoxy) is 1. The Morgan fingerprint density at radius 3 is 2.70 bits per heavy atom. The molecule has 1 aliphatic rings. The third kappa shape index (κ3) is 2.45. The van der Waals surface area contributed by atoms with Crippen molar-refractivity contribution in [2.75, 3.05) is 26.4 Å². The van der Waals surface area contributed by atoms with E-state index in [1.54, 1.807) is 0 Å². The highest BCUT2D eigenvalue weighted by Crippen LogP contribution is 2.01. The molecule has 0 radical (unpaired) electrons. The second kappa shape index (κ2) is 4.41. The molecule has 0 amide bonds. The van der Waals surface area contributed by atoms with Crippen molar-refractivity contribution in [2.45, 2.75) is 12.8 Å². The fraction of sp³-hybridized carbons (Fsp3) is 0.857. The highest BCUT2D eigenvalue weighted by molar-refractivity contribution is 5.85. The first kappa shape index (κ1) is 7.69. The van der Waals surface area contributed by atoms with Crippen LogP contribution in [0.4, 0.5) is 0 Å². The molecule has 10 heavy (non-hydrogen) atoms. The number of aliphatic imine (C=N–C) groups is 1. The Morgan fingerprint density at radius 2 is 2.10 bits per heavy atom. The highest BCUT2D eigenvalue weighted by atomic mass is 16.5. The monoisotopic (exact) mass is 143 g/mol. The molecule has 0 spiro atoms. The summed E-state index contributed by atoms with van der Waals surface area (Å²) in [6.07, 6.45) is 1.89. The summed E-state index contributed by atoms with van der Waals surface area (Å²) >= 11 is 0. The Bertz CT molecular complexity index is 115. The lowest BCUT2D eigenvalue weighted by atomic mass is 10.2. The van der Waals surface area contributed by atoms with Crippen LogP contribution < -0.4 is 0 Å². The van der Waals surface area contributed by atoms with Crippen LogP contribution in [0.25, 0.3) is 0 Å².